The highest BCUT2D eigenvalue weighted by Gasteiger charge is 2.01. The Hall–Kier alpha value is -1.32. The minimum absolute atomic E-state index is 0.240. The van der Waals surface area contributed by atoms with E-state index in [0.717, 1.165) is 5.57 Å². The number of hydrogen-bond donors (Lipinski definition) is 0. The molecular weight excluding hydrogens is 184 g/mol. The van der Waals surface area contributed by atoms with E-state index >= 15 is 0 Å². The highest BCUT2D eigenvalue weighted by atomic mass is 16.5. The van der Waals surface area contributed by atoms with Crippen molar-refractivity contribution in [3.63, 3.8) is 0 Å². The van der Waals surface area contributed by atoms with Crippen molar-refractivity contribution < 1.29 is 19.1 Å². The van der Waals surface area contributed by atoms with Crippen LogP contribution in [0, 0.1) is 0 Å². The summed E-state index contributed by atoms with van der Waals surface area (Å²) in [5.41, 5.74) is 0.987. The topological polar surface area (TPSA) is 52.6 Å². The molecule has 0 saturated heterocycles. The van der Waals surface area contributed by atoms with Crippen molar-refractivity contribution in [3.8, 4) is 0 Å². The summed E-state index contributed by atoms with van der Waals surface area (Å²) in [5, 5.41) is 0. The van der Waals surface area contributed by atoms with Gasteiger partial charge in [0.2, 0.25) is 0 Å². The SMILES string of the molecule is COC(=O)C/C=C(\C)CCC(=O)OC. The van der Waals surface area contributed by atoms with Crippen LogP contribution < -0.4 is 0 Å². The summed E-state index contributed by atoms with van der Waals surface area (Å²) >= 11 is 0. The fourth-order valence-corrected chi connectivity index (χ4v) is 0.844. The Morgan fingerprint density at radius 3 is 2.14 bits per heavy atom. The molecule has 80 valence electrons. The molecule has 0 saturated carbocycles. The Labute approximate surface area is 83.9 Å². The number of carbonyl (C=O) groups excluding carboxylic acids is 2. The van der Waals surface area contributed by atoms with E-state index in [9.17, 15) is 9.59 Å². The Morgan fingerprint density at radius 2 is 1.64 bits per heavy atom. The molecule has 0 rings (SSSR count). The monoisotopic (exact) mass is 200 g/mol. The van der Waals surface area contributed by atoms with E-state index in [4.69, 9.17) is 0 Å². The lowest BCUT2D eigenvalue weighted by molar-refractivity contribution is -0.140. The number of allylic oxidation sites excluding steroid dienone is 1. The highest BCUT2D eigenvalue weighted by molar-refractivity contribution is 5.71. The molecule has 0 bridgehead atoms. The van der Waals surface area contributed by atoms with Crippen LogP contribution in [-0.2, 0) is 19.1 Å². The normalized spacial score (nSPS) is 10.9. The average molecular weight is 200 g/mol. The molecule has 0 heterocycles. The van der Waals surface area contributed by atoms with Crippen molar-refractivity contribution in [2.75, 3.05) is 14.2 Å². The van der Waals surface area contributed by atoms with Crippen LogP contribution in [0.25, 0.3) is 0 Å². The van der Waals surface area contributed by atoms with E-state index < -0.39 is 0 Å². The summed E-state index contributed by atoms with van der Waals surface area (Å²) in [6.07, 6.45) is 2.97. The minimum atomic E-state index is -0.276. The van der Waals surface area contributed by atoms with Crippen LogP contribution in [0.5, 0.6) is 0 Å². The van der Waals surface area contributed by atoms with E-state index in [1.165, 1.54) is 14.2 Å². The van der Waals surface area contributed by atoms with Crippen LogP contribution in [0.2, 0.25) is 0 Å². The Bertz CT molecular complexity index is 230. The number of carbonyl (C=O) groups is 2. The van der Waals surface area contributed by atoms with Crippen LogP contribution in [0.15, 0.2) is 11.6 Å². The zero-order chi connectivity index (χ0) is 11.0. The number of esters is 2. The van der Waals surface area contributed by atoms with Crippen LogP contribution in [-0.4, -0.2) is 26.2 Å². The van der Waals surface area contributed by atoms with Gasteiger partial charge in [0.05, 0.1) is 20.6 Å². The predicted octanol–water partition coefficient (Wildman–Crippen LogP) is 1.45. The molecule has 0 fully saturated rings. The summed E-state index contributed by atoms with van der Waals surface area (Å²) < 4.78 is 8.96. The number of hydrogen-bond acceptors (Lipinski definition) is 4. The number of methoxy groups -OCH3 is 2. The summed E-state index contributed by atoms with van der Waals surface area (Å²) in [4.78, 5) is 21.5. The molecule has 0 atom stereocenters. The van der Waals surface area contributed by atoms with E-state index in [-0.39, 0.29) is 18.4 Å². The molecule has 0 aromatic heterocycles. The van der Waals surface area contributed by atoms with Gasteiger partial charge in [0.25, 0.3) is 0 Å². The molecular formula is C10H16O4. The van der Waals surface area contributed by atoms with E-state index in [0.29, 0.717) is 12.8 Å². The van der Waals surface area contributed by atoms with Gasteiger partial charge in [0, 0.05) is 6.42 Å². The molecule has 0 radical (unpaired) electrons. The second kappa shape index (κ2) is 7.12. The summed E-state index contributed by atoms with van der Waals surface area (Å²) in [6, 6.07) is 0. The van der Waals surface area contributed by atoms with Crippen molar-refractivity contribution in [2.24, 2.45) is 0 Å². The predicted molar refractivity (Wildman–Crippen MR) is 51.6 cm³/mol. The van der Waals surface area contributed by atoms with Gasteiger partial charge in [-0.1, -0.05) is 11.6 Å². The van der Waals surface area contributed by atoms with Gasteiger partial charge in [-0.2, -0.15) is 0 Å². The molecule has 0 spiro atoms. The van der Waals surface area contributed by atoms with Gasteiger partial charge in [-0.25, -0.2) is 0 Å². The van der Waals surface area contributed by atoms with Gasteiger partial charge < -0.3 is 9.47 Å². The minimum Gasteiger partial charge on any atom is -0.469 e. The maximum atomic E-state index is 10.8. The van der Waals surface area contributed by atoms with E-state index in [1.54, 1.807) is 6.08 Å². The van der Waals surface area contributed by atoms with Gasteiger partial charge >= 0.3 is 11.9 Å². The quantitative estimate of drug-likeness (QED) is 0.498. The van der Waals surface area contributed by atoms with Gasteiger partial charge in [0.1, 0.15) is 0 Å². The van der Waals surface area contributed by atoms with Gasteiger partial charge in [-0.15, -0.1) is 0 Å². The fraction of sp³-hybridized carbons (Fsp3) is 0.600. The lowest BCUT2D eigenvalue weighted by Gasteiger charge is -2.00. The maximum Gasteiger partial charge on any atom is 0.309 e. The van der Waals surface area contributed by atoms with Crippen molar-refractivity contribution >= 4 is 11.9 Å². The third kappa shape index (κ3) is 6.22. The summed E-state index contributed by atoms with van der Waals surface area (Å²) in [5.74, 6) is -0.516. The molecule has 14 heavy (non-hydrogen) atoms. The molecule has 0 aliphatic heterocycles. The number of ether oxygens (including phenoxy) is 2. The lowest BCUT2D eigenvalue weighted by Crippen LogP contribution is -2.00. The third-order valence-corrected chi connectivity index (χ3v) is 1.80. The van der Waals surface area contributed by atoms with Gasteiger partial charge in [-0.3, -0.25) is 9.59 Å². The largest absolute Gasteiger partial charge is 0.469 e. The smallest absolute Gasteiger partial charge is 0.309 e. The maximum absolute atomic E-state index is 10.8. The molecule has 4 heteroatoms. The standard InChI is InChI=1S/C10H16O4/c1-8(4-6-9(11)13-2)5-7-10(12)14-3/h4H,5-7H2,1-3H3/b8-4+. The first-order chi connectivity index (χ1) is 6.60. The summed E-state index contributed by atoms with van der Waals surface area (Å²) in [7, 11) is 2.70. The Morgan fingerprint density at radius 1 is 1.07 bits per heavy atom. The van der Waals surface area contributed by atoms with Gasteiger partial charge in [-0.05, 0) is 13.3 Å². The average Bonchev–Trinajstić information content (AvgIpc) is 2.22. The molecule has 0 aliphatic rings. The van der Waals surface area contributed by atoms with Crippen molar-refractivity contribution in [2.45, 2.75) is 26.2 Å². The molecule has 0 aromatic carbocycles. The molecule has 0 aromatic rings. The number of rotatable bonds is 5. The first-order valence-electron chi connectivity index (χ1n) is 4.39. The second-order valence-corrected chi connectivity index (χ2v) is 2.91. The Balaban J connectivity index is 3.78. The van der Waals surface area contributed by atoms with Crippen molar-refractivity contribution in [3.05, 3.63) is 11.6 Å². The molecule has 4 nitrogen and oxygen atoms in total. The molecule has 0 amide bonds. The van der Waals surface area contributed by atoms with E-state index in [2.05, 4.69) is 9.47 Å². The summed E-state index contributed by atoms with van der Waals surface area (Å²) in [6.45, 7) is 1.87. The van der Waals surface area contributed by atoms with Gasteiger partial charge in [0.15, 0.2) is 0 Å². The molecule has 0 unspecified atom stereocenters. The van der Waals surface area contributed by atoms with E-state index in [1.807, 2.05) is 6.92 Å². The Kier molecular flexibility index (Phi) is 6.45. The second-order valence-electron chi connectivity index (χ2n) is 2.91. The highest BCUT2D eigenvalue weighted by Crippen LogP contribution is 2.06. The van der Waals surface area contributed by atoms with Crippen molar-refractivity contribution in [1.82, 2.24) is 0 Å². The molecule has 0 N–H and O–H groups in total. The zero-order valence-corrected chi connectivity index (χ0v) is 8.83. The zero-order valence-electron chi connectivity index (χ0n) is 8.83. The van der Waals surface area contributed by atoms with Crippen LogP contribution in [0.1, 0.15) is 26.2 Å². The third-order valence-electron chi connectivity index (χ3n) is 1.80. The van der Waals surface area contributed by atoms with Crippen LogP contribution >= 0.6 is 0 Å². The van der Waals surface area contributed by atoms with Crippen LogP contribution in [0.3, 0.4) is 0 Å². The lowest BCUT2D eigenvalue weighted by atomic mass is 10.1. The van der Waals surface area contributed by atoms with Crippen LogP contribution in [0.4, 0.5) is 0 Å². The first kappa shape index (κ1) is 12.7. The molecule has 0 aliphatic carbocycles. The fourth-order valence-electron chi connectivity index (χ4n) is 0.844. The first-order valence-corrected chi connectivity index (χ1v) is 4.39. The van der Waals surface area contributed by atoms with Crippen molar-refractivity contribution in [1.29, 1.82) is 0 Å².